The lowest BCUT2D eigenvalue weighted by atomic mass is 9.94. The first-order chi connectivity index (χ1) is 13.3. The van der Waals surface area contributed by atoms with Crippen molar-refractivity contribution < 1.29 is 22.3 Å². The summed E-state index contributed by atoms with van der Waals surface area (Å²) in [6, 6.07) is 10.9. The normalized spacial score (nSPS) is 14.6. The van der Waals surface area contributed by atoms with Gasteiger partial charge in [0.1, 0.15) is 17.4 Å². The molecule has 0 aliphatic carbocycles. The average molecular weight is 501 g/mol. The number of benzene rings is 2. The van der Waals surface area contributed by atoms with Gasteiger partial charge in [-0.2, -0.15) is 0 Å². The zero-order valence-electron chi connectivity index (χ0n) is 14.9. The lowest BCUT2D eigenvalue weighted by Crippen LogP contribution is -2.30. The van der Waals surface area contributed by atoms with E-state index in [1.165, 1.54) is 12.0 Å². The summed E-state index contributed by atoms with van der Waals surface area (Å²) >= 11 is 1.98. The van der Waals surface area contributed by atoms with Crippen LogP contribution in [0.5, 0.6) is 5.75 Å². The Labute approximate surface area is 173 Å². The Hall–Kier alpha value is -2.29. The molecule has 7 heteroatoms. The fraction of sp³-hybridized carbons (Fsp3) is 0.143. The van der Waals surface area contributed by atoms with E-state index >= 15 is 0 Å². The van der Waals surface area contributed by atoms with Crippen molar-refractivity contribution in [1.29, 1.82) is 0 Å². The third kappa shape index (κ3) is 3.94. The summed E-state index contributed by atoms with van der Waals surface area (Å²) in [5.74, 6) is -1.81. The van der Waals surface area contributed by atoms with Crippen molar-refractivity contribution in [3.05, 3.63) is 87.2 Å². The molecule has 0 radical (unpaired) electrons. The lowest BCUT2D eigenvalue weighted by molar-refractivity contribution is 0.123. The molecule has 0 fully saturated rings. The average Bonchev–Trinajstić information content (AvgIpc) is 2.66. The fourth-order valence-corrected chi connectivity index (χ4v) is 3.63. The molecule has 0 N–H and O–H groups in total. The Bertz CT molecular complexity index is 947. The Morgan fingerprint density at radius 2 is 1.71 bits per heavy atom. The highest BCUT2D eigenvalue weighted by atomic mass is 127. The van der Waals surface area contributed by atoms with Gasteiger partial charge in [0.25, 0.3) is 6.43 Å². The molecule has 0 saturated carbocycles. The van der Waals surface area contributed by atoms with E-state index in [2.05, 4.69) is 6.58 Å². The quantitative estimate of drug-likeness (QED) is 0.355. The summed E-state index contributed by atoms with van der Waals surface area (Å²) in [5, 5.41) is 0. The maximum atomic E-state index is 14.9. The zero-order valence-corrected chi connectivity index (χ0v) is 17.0. The second-order valence-corrected chi connectivity index (χ2v) is 7.20. The maximum absolute atomic E-state index is 14.9. The van der Waals surface area contributed by atoms with Gasteiger partial charge in [0.15, 0.2) is 0 Å². The van der Waals surface area contributed by atoms with Crippen molar-refractivity contribution in [1.82, 2.24) is 4.90 Å². The molecular weight excluding hydrogens is 485 g/mol. The Morgan fingerprint density at radius 3 is 2.25 bits per heavy atom. The first kappa shape index (κ1) is 20.4. The molecule has 1 heterocycles. The molecule has 146 valence electrons. The third-order valence-electron chi connectivity index (χ3n) is 4.29. The van der Waals surface area contributed by atoms with Gasteiger partial charge in [0.2, 0.25) is 0 Å². The van der Waals surface area contributed by atoms with Crippen LogP contribution >= 0.6 is 22.6 Å². The van der Waals surface area contributed by atoms with Crippen LogP contribution < -0.4 is 4.74 Å². The van der Waals surface area contributed by atoms with E-state index < -0.39 is 30.2 Å². The van der Waals surface area contributed by atoms with Gasteiger partial charge in [-0.1, -0.05) is 36.9 Å². The van der Waals surface area contributed by atoms with E-state index in [4.69, 9.17) is 4.74 Å². The molecule has 0 amide bonds. The van der Waals surface area contributed by atoms with Crippen LogP contribution in [0.15, 0.2) is 64.4 Å². The number of hydrogen-bond acceptors (Lipinski definition) is 2. The molecule has 0 atom stereocenters. The first-order valence-corrected chi connectivity index (χ1v) is 9.36. The smallest absolute Gasteiger partial charge is 0.256 e. The maximum Gasteiger partial charge on any atom is 0.256 e. The van der Waals surface area contributed by atoms with Crippen LogP contribution in [-0.2, 0) is 0 Å². The first-order valence-electron chi connectivity index (χ1n) is 8.28. The molecule has 0 unspecified atom stereocenters. The predicted molar refractivity (Wildman–Crippen MR) is 110 cm³/mol. The topological polar surface area (TPSA) is 12.5 Å². The molecule has 28 heavy (non-hydrogen) atoms. The Morgan fingerprint density at radius 1 is 1.11 bits per heavy atom. The van der Waals surface area contributed by atoms with Crippen LogP contribution in [0.2, 0.25) is 0 Å². The van der Waals surface area contributed by atoms with E-state index in [9.17, 15) is 17.6 Å². The minimum atomic E-state index is -2.73. The summed E-state index contributed by atoms with van der Waals surface area (Å²) in [7, 11) is 1.29. The van der Waals surface area contributed by atoms with Crippen LogP contribution in [0.3, 0.4) is 0 Å². The molecule has 2 aromatic carbocycles. The molecule has 1 aliphatic heterocycles. The van der Waals surface area contributed by atoms with Crippen molar-refractivity contribution in [2.45, 2.75) is 6.43 Å². The molecule has 0 spiro atoms. The molecule has 2 nitrogen and oxygen atoms in total. The number of allylic oxidation sites excluding steroid dienone is 3. The number of nitrogens with zero attached hydrogens (tertiary/aromatic N) is 1. The van der Waals surface area contributed by atoms with Crippen LogP contribution in [0, 0.1) is 11.6 Å². The number of hydrogen-bond donors (Lipinski definition) is 0. The third-order valence-corrected chi connectivity index (χ3v) is 5.23. The molecule has 3 rings (SSSR count). The van der Waals surface area contributed by atoms with Crippen molar-refractivity contribution >= 4 is 33.9 Å². The summed E-state index contributed by atoms with van der Waals surface area (Å²) in [6.07, 6.45) is -1.03. The SMILES string of the molecule is C=C1C(I)=CC(c2ccccc2)=C(c2c(F)cc(OC)cc2F)N1CC(F)F. The molecular formula is C21H16F4INO. The summed E-state index contributed by atoms with van der Waals surface area (Å²) in [6.45, 7) is 3.10. The molecule has 0 bridgehead atoms. The van der Waals surface area contributed by atoms with Gasteiger partial charge in [-0.05, 0) is 34.2 Å². The molecule has 1 aliphatic rings. The monoisotopic (exact) mass is 501 g/mol. The highest BCUT2D eigenvalue weighted by Gasteiger charge is 2.31. The van der Waals surface area contributed by atoms with Crippen molar-refractivity contribution in [3.8, 4) is 5.75 Å². The predicted octanol–water partition coefficient (Wildman–Crippen LogP) is 6.26. The number of ether oxygens (including phenoxy) is 1. The highest BCUT2D eigenvalue weighted by Crippen LogP contribution is 2.43. The van der Waals surface area contributed by atoms with Gasteiger partial charge in [-0.15, -0.1) is 0 Å². The number of rotatable bonds is 5. The molecule has 0 saturated heterocycles. The van der Waals surface area contributed by atoms with E-state index in [1.807, 2.05) is 22.6 Å². The van der Waals surface area contributed by atoms with Gasteiger partial charge in [-0.25, -0.2) is 17.6 Å². The van der Waals surface area contributed by atoms with Gasteiger partial charge in [0, 0.05) is 27.0 Å². The highest BCUT2D eigenvalue weighted by molar-refractivity contribution is 14.1. The van der Waals surface area contributed by atoms with Crippen LogP contribution in [0.25, 0.3) is 11.3 Å². The summed E-state index contributed by atoms with van der Waals surface area (Å²) < 4.78 is 61.9. The summed E-state index contributed by atoms with van der Waals surface area (Å²) in [4.78, 5) is 1.17. The van der Waals surface area contributed by atoms with Crippen LogP contribution in [0.4, 0.5) is 17.6 Å². The lowest BCUT2D eigenvalue weighted by Gasteiger charge is -2.34. The molecule has 0 aromatic heterocycles. The number of alkyl halides is 2. The minimum absolute atomic E-state index is 0.000722. The van der Waals surface area contributed by atoms with Crippen LogP contribution in [0.1, 0.15) is 11.1 Å². The van der Waals surface area contributed by atoms with Crippen LogP contribution in [-0.4, -0.2) is 25.0 Å². The van der Waals surface area contributed by atoms with E-state index in [0.29, 0.717) is 14.7 Å². The van der Waals surface area contributed by atoms with Crippen molar-refractivity contribution in [2.24, 2.45) is 0 Å². The van der Waals surface area contributed by atoms with Crippen molar-refractivity contribution in [3.63, 3.8) is 0 Å². The van der Waals surface area contributed by atoms with Crippen molar-refractivity contribution in [2.75, 3.05) is 13.7 Å². The summed E-state index contributed by atoms with van der Waals surface area (Å²) in [5.41, 5.74) is 0.940. The largest absolute Gasteiger partial charge is 0.497 e. The Kier molecular flexibility index (Phi) is 6.12. The van der Waals surface area contributed by atoms with Gasteiger partial charge >= 0.3 is 0 Å². The van der Waals surface area contributed by atoms with Gasteiger partial charge < -0.3 is 9.64 Å². The minimum Gasteiger partial charge on any atom is -0.497 e. The number of halogens is 5. The van der Waals surface area contributed by atoms with Gasteiger partial charge in [-0.3, -0.25) is 0 Å². The fourth-order valence-electron chi connectivity index (χ4n) is 3.03. The van der Waals surface area contributed by atoms with Gasteiger partial charge in [0.05, 0.1) is 24.9 Å². The Balaban J connectivity index is 2.35. The second-order valence-electron chi connectivity index (χ2n) is 6.04. The zero-order chi connectivity index (χ0) is 20.4. The van der Waals surface area contributed by atoms with E-state index in [0.717, 1.165) is 12.1 Å². The van der Waals surface area contributed by atoms with E-state index in [1.54, 1.807) is 36.4 Å². The second kappa shape index (κ2) is 8.38. The number of methoxy groups -OCH3 is 1. The standard InChI is InChI=1S/C21H16F4INO/c1-12-18(26)10-15(13-6-4-3-5-7-13)21(27(12)11-19(24)25)20-16(22)8-14(28-2)9-17(20)23/h3-10,19H,1,11H2,2H3. The van der Waals surface area contributed by atoms with E-state index in [-0.39, 0.29) is 17.1 Å². The molecule has 2 aromatic rings.